The topological polar surface area (TPSA) is 45.5 Å². The molecule has 1 aliphatic rings. The molecule has 0 aliphatic carbocycles. The Morgan fingerprint density at radius 2 is 1.96 bits per heavy atom. The molecule has 1 aromatic carbocycles. The number of nitrogens with zero attached hydrogens (tertiary/aromatic N) is 1. The monoisotopic (exact) mass is 326 g/mol. The van der Waals surface area contributed by atoms with Gasteiger partial charge in [-0.15, -0.1) is 0 Å². The lowest BCUT2D eigenvalue weighted by Crippen LogP contribution is -2.43. The van der Waals surface area contributed by atoms with Crippen molar-refractivity contribution in [3.05, 3.63) is 59.5 Å². The molecular formula is C20H26N2O2. The lowest BCUT2D eigenvalue weighted by molar-refractivity contribution is -0.128. The fraction of sp³-hybridized carbons (Fsp3) is 0.450. The van der Waals surface area contributed by atoms with Crippen molar-refractivity contribution in [3.8, 4) is 0 Å². The van der Waals surface area contributed by atoms with Gasteiger partial charge in [-0.3, -0.25) is 9.69 Å². The van der Waals surface area contributed by atoms with Gasteiger partial charge in [0.15, 0.2) is 0 Å². The van der Waals surface area contributed by atoms with Crippen LogP contribution in [0.2, 0.25) is 0 Å². The van der Waals surface area contributed by atoms with Gasteiger partial charge < -0.3 is 9.73 Å². The van der Waals surface area contributed by atoms with Crippen molar-refractivity contribution in [2.24, 2.45) is 5.41 Å². The number of amides is 1. The second-order valence-corrected chi connectivity index (χ2v) is 7.48. The van der Waals surface area contributed by atoms with E-state index in [1.807, 2.05) is 32.9 Å². The van der Waals surface area contributed by atoms with Crippen molar-refractivity contribution < 1.29 is 9.21 Å². The van der Waals surface area contributed by atoms with Crippen LogP contribution in [-0.2, 0) is 17.8 Å². The van der Waals surface area contributed by atoms with E-state index in [1.54, 1.807) is 6.26 Å². The number of hydrogen-bond donors (Lipinski definition) is 1. The minimum Gasteiger partial charge on any atom is -0.468 e. The summed E-state index contributed by atoms with van der Waals surface area (Å²) < 4.78 is 5.66. The van der Waals surface area contributed by atoms with Gasteiger partial charge in [0, 0.05) is 25.0 Å². The summed E-state index contributed by atoms with van der Waals surface area (Å²) >= 11 is 0. The number of carbonyl (C=O) groups is 1. The second kappa shape index (κ2) is 6.81. The molecule has 2 aromatic rings. The lowest BCUT2D eigenvalue weighted by Gasteiger charge is -2.35. The van der Waals surface area contributed by atoms with Crippen LogP contribution in [0.4, 0.5) is 0 Å². The van der Waals surface area contributed by atoms with Gasteiger partial charge in [0.1, 0.15) is 5.76 Å². The van der Waals surface area contributed by atoms with Crippen LogP contribution in [0, 0.1) is 5.41 Å². The zero-order valence-electron chi connectivity index (χ0n) is 14.7. The van der Waals surface area contributed by atoms with E-state index in [4.69, 9.17) is 4.42 Å². The van der Waals surface area contributed by atoms with Gasteiger partial charge in [-0.1, -0.05) is 45.0 Å². The fourth-order valence-electron chi connectivity index (χ4n) is 3.13. The zero-order chi connectivity index (χ0) is 17.2. The highest BCUT2D eigenvalue weighted by atomic mass is 16.3. The van der Waals surface area contributed by atoms with Crippen LogP contribution in [0.1, 0.15) is 43.7 Å². The average Bonchev–Trinajstić information content (AvgIpc) is 3.08. The Bertz CT molecular complexity index is 686. The van der Waals surface area contributed by atoms with Crippen LogP contribution in [0.5, 0.6) is 0 Å². The standard InChI is InChI=1S/C20H26N2O2/c1-20(2,3)19(23)21-13-17(18-9-6-12-24-18)22-11-10-15-7-4-5-8-16(15)14-22/h4-9,12,17H,10-11,13-14H2,1-3H3,(H,21,23)/t17-/m1/s1. The first-order valence-electron chi connectivity index (χ1n) is 8.57. The molecule has 0 saturated heterocycles. The van der Waals surface area contributed by atoms with Gasteiger partial charge in [0.05, 0.1) is 12.3 Å². The Balaban J connectivity index is 1.76. The maximum Gasteiger partial charge on any atom is 0.225 e. The molecule has 1 N–H and O–H groups in total. The number of hydrogen-bond acceptors (Lipinski definition) is 3. The highest BCUT2D eigenvalue weighted by molar-refractivity contribution is 5.81. The number of nitrogens with one attached hydrogen (secondary N) is 1. The smallest absolute Gasteiger partial charge is 0.225 e. The predicted octanol–water partition coefficient (Wildman–Crippen LogP) is 3.54. The molecule has 24 heavy (non-hydrogen) atoms. The third-order valence-corrected chi connectivity index (χ3v) is 4.61. The van der Waals surface area contributed by atoms with Crippen LogP contribution in [0.25, 0.3) is 0 Å². The van der Waals surface area contributed by atoms with Crippen molar-refractivity contribution >= 4 is 5.91 Å². The molecule has 0 unspecified atom stereocenters. The summed E-state index contributed by atoms with van der Waals surface area (Å²) in [5.41, 5.74) is 2.40. The molecule has 0 bridgehead atoms. The first-order valence-corrected chi connectivity index (χ1v) is 8.57. The minimum atomic E-state index is -0.387. The minimum absolute atomic E-state index is 0.0552. The molecule has 3 rings (SSSR count). The summed E-state index contributed by atoms with van der Waals surface area (Å²) in [5.74, 6) is 0.972. The molecule has 128 valence electrons. The summed E-state index contributed by atoms with van der Waals surface area (Å²) in [6.45, 7) is 8.20. The van der Waals surface area contributed by atoms with Crippen molar-refractivity contribution in [2.75, 3.05) is 13.1 Å². The lowest BCUT2D eigenvalue weighted by atomic mass is 9.95. The molecule has 4 nitrogen and oxygen atoms in total. The quantitative estimate of drug-likeness (QED) is 0.935. The van der Waals surface area contributed by atoms with E-state index in [2.05, 4.69) is 34.5 Å². The van der Waals surface area contributed by atoms with Crippen LogP contribution >= 0.6 is 0 Å². The fourth-order valence-corrected chi connectivity index (χ4v) is 3.13. The Labute approximate surface area is 143 Å². The van der Waals surface area contributed by atoms with Gasteiger partial charge in [0.2, 0.25) is 5.91 Å². The molecule has 2 heterocycles. The Morgan fingerprint density at radius 1 is 1.21 bits per heavy atom. The normalized spacial score (nSPS) is 16.5. The maximum atomic E-state index is 12.3. The van der Waals surface area contributed by atoms with Gasteiger partial charge in [-0.25, -0.2) is 0 Å². The van der Waals surface area contributed by atoms with Crippen molar-refractivity contribution in [1.29, 1.82) is 0 Å². The Morgan fingerprint density at radius 3 is 2.62 bits per heavy atom. The van der Waals surface area contributed by atoms with E-state index in [0.717, 1.165) is 25.3 Å². The van der Waals surface area contributed by atoms with Crippen LogP contribution in [0.15, 0.2) is 47.1 Å². The predicted molar refractivity (Wildman–Crippen MR) is 94.5 cm³/mol. The molecule has 0 radical (unpaired) electrons. The van der Waals surface area contributed by atoms with Crippen molar-refractivity contribution in [1.82, 2.24) is 10.2 Å². The molecule has 4 heteroatoms. The third-order valence-electron chi connectivity index (χ3n) is 4.61. The molecule has 1 amide bonds. The number of rotatable bonds is 4. The van der Waals surface area contributed by atoms with E-state index in [9.17, 15) is 4.79 Å². The Kier molecular flexibility index (Phi) is 4.76. The molecule has 1 atom stereocenters. The number of furan rings is 1. The first kappa shape index (κ1) is 16.8. The van der Waals surface area contributed by atoms with Crippen LogP contribution < -0.4 is 5.32 Å². The molecular weight excluding hydrogens is 300 g/mol. The zero-order valence-corrected chi connectivity index (χ0v) is 14.7. The number of carbonyl (C=O) groups excluding carboxylic acids is 1. The molecule has 0 spiro atoms. The summed E-state index contributed by atoms with van der Waals surface area (Å²) in [5, 5.41) is 3.09. The molecule has 1 aliphatic heterocycles. The van der Waals surface area contributed by atoms with Gasteiger partial charge >= 0.3 is 0 Å². The van der Waals surface area contributed by atoms with Gasteiger partial charge in [-0.05, 0) is 29.7 Å². The Hall–Kier alpha value is -2.07. The SMILES string of the molecule is CC(C)(C)C(=O)NC[C@H](c1ccco1)N1CCc2ccccc2C1. The van der Waals surface area contributed by atoms with Gasteiger partial charge in [0.25, 0.3) is 0 Å². The van der Waals surface area contributed by atoms with Crippen molar-refractivity contribution in [3.63, 3.8) is 0 Å². The van der Waals surface area contributed by atoms with E-state index in [0.29, 0.717) is 6.54 Å². The average molecular weight is 326 g/mol. The molecule has 0 fully saturated rings. The van der Waals surface area contributed by atoms with E-state index in [-0.39, 0.29) is 17.4 Å². The van der Waals surface area contributed by atoms with E-state index < -0.39 is 0 Å². The van der Waals surface area contributed by atoms with Crippen molar-refractivity contribution in [2.45, 2.75) is 39.8 Å². The van der Waals surface area contributed by atoms with Gasteiger partial charge in [-0.2, -0.15) is 0 Å². The summed E-state index contributed by atoms with van der Waals surface area (Å²) in [4.78, 5) is 14.7. The largest absolute Gasteiger partial charge is 0.468 e. The number of benzene rings is 1. The third kappa shape index (κ3) is 3.70. The van der Waals surface area contributed by atoms with Crippen LogP contribution in [0.3, 0.4) is 0 Å². The summed E-state index contributed by atoms with van der Waals surface area (Å²) in [6, 6.07) is 12.5. The summed E-state index contributed by atoms with van der Waals surface area (Å²) in [6.07, 6.45) is 2.73. The molecule has 0 saturated carbocycles. The maximum absolute atomic E-state index is 12.3. The van der Waals surface area contributed by atoms with Crippen LogP contribution in [-0.4, -0.2) is 23.9 Å². The van der Waals surface area contributed by atoms with E-state index in [1.165, 1.54) is 11.1 Å². The highest BCUT2D eigenvalue weighted by Crippen LogP contribution is 2.28. The second-order valence-electron chi connectivity index (χ2n) is 7.48. The number of fused-ring (bicyclic) bond motifs is 1. The highest BCUT2D eigenvalue weighted by Gasteiger charge is 2.28. The molecule has 1 aromatic heterocycles. The van der Waals surface area contributed by atoms with E-state index >= 15 is 0 Å². The summed E-state index contributed by atoms with van der Waals surface area (Å²) in [7, 11) is 0. The first-order chi connectivity index (χ1) is 11.4.